The Morgan fingerprint density at radius 1 is 1.19 bits per heavy atom. The molecule has 90 valence electrons. The molecule has 1 rings (SSSR count). The van der Waals surface area contributed by atoms with E-state index in [1.807, 2.05) is 39.0 Å². The zero-order valence-corrected chi connectivity index (χ0v) is 10.6. The molecule has 3 nitrogen and oxygen atoms in total. The van der Waals surface area contributed by atoms with Crippen LogP contribution in [0.1, 0.15) is 33.3 Å². The Morgan fingerprint density at radius 2 is 1.75 bits per heavy atom. The lowest BCUT2D eigenvalue weighted by molar-refractivity contribution is 0.0727. The number of hydrogen-bond donors (Lipinski definition) is 0. The van der Waals surface area contributed by atoms with Crippen LogP contribution in [0.4, 0.5) is 4.79 Å². The molecular formula is C13H20O3. The van der Waals surface area contributed by atoms with Gasteiger partial charge in [0.25, 0.3) is 0 Å². The predicted octanol–water partition coefficient (Wildman–Crippen LogP) is 3.95. The van der Waals surface area contributed by atoms with E-state index in [-0.39, 0.29) is 6.10 Å². The van der Waals surface area contributed by atoms with Gasteiger partial charge in [0, 0.05) is 0 Å². The second-order valence-corrected chi connectivity index (χ2v) is 3.28. The largest absolute Gasteiger partial charge is 0.514 e. The first-order valence-corrected chi connectivity index (χ1v) is 5.53. The lowest BCUT2D eigenvalue weighted by atomic mass is 10.2. The number of carbonyl (C=O) groups excluding carboxylic acids is 1. The number of hydrogen-bond acceptors (Lipinski definition) is 3. The molecule has 0 bridgehead atoms. The van der Waals surface area contributed by atoms with Crippen molar-refractivity contribution in [2.75, 3.05) is 0 Å². The molecule has 0 aliphatic rings. The highest BCUT2D eigenvalue weighted by Crippen LogP contribution is 2.16. The van der Waals surface area contributed by atoms with Gasteiger partial charge in [0.2, 0.25) is 0 Å². The summed E-state index contributed by atoms with van der Waals surface area (Å²) < 4.78 is 9.84. The zero-order chi connectivity index (χ0) is 12.6. The molecule has 0 N–H and O–H groups in total. The molecule has 0 atom stereocenters. The van der Waals surface area contributed by atoms with Crippen molar-refractivity contribution in [1.29, 1.82) is 0 Å². The second kappa shape index (κ2) is 7.74. The summed E-state index contributed by atoms with van der Waals surface area (Å²) in [6.07, 6.45) is -0.819. The minimum absolute atomic E-state index is 0.161. The van der Waals surface area contributed by atoms with Crippen molar-refractivity contribution in [2.24, 2.45) is 0 Å². The van der Waals surface area contributed by atoms with E-state index in [1.165, 1.54) is 0 Å². The fourth-order valence-corrected chi connectivity index (χ4v) is 0.977. The van der Waals surface area contributed by atoms with Gasteiger partial charge in [-0.15, -0.1) is 0 Å². The summed E-state index contributed by atoms with van der Waals surface area (Å²) in [5, 5.41) is 0. The van der Waals surface area contributed by atoms with Crippen molar-refractivity contribution in [2.45, 2.75) is 40.7 Å². The molecule has 0 unspecified atom stereocenters. The van der Waals surface area contributed by atoms with Gasteiger partial charge in [0.15, 0.2) is 0 Å². The Kier molecular flexibility index (Phi) is 7.01. The molecule has 0 saturated carbocycles. The molecule has 0 aliphatic heterocycles. The Balaban J connectivity index is 0.00000106. The van der Waals surface area contributed by atoms with Gasteiger partial charge in [-0.2, -0.15) is 0 Å². The highest BCUT2D eigenvalue weighted by atomic mass is 16.7. The molecule has 0 heterocycles. The van der Waals surface area contributed by atoms with E-state index in [9.17, 15) is 4.79 Å². The monoisotopic (exact) mass is 224 g/mol. The van der Waals surface area contributed by atoms with Crippen LogP contribution in [0.3, 0.4) is 0 Å². The maximum Gasteiger partial charge on any atom is 0.514 e. The van der Waals surface area contributed by atoms with Crippen LogP contribution in [-0.4, -0.2) is 12.3 Å². The van der Waals surface area contributed by atoms with Gasteiger partial charge < -0.3 is 9.47 Å². The first-order valence-electron chi connectivity index (χ1n) is 5.53. The van der Waals surface area contributed by atoms with E-state index < -0.39 is 6.16 Å². The van der Waals surface area contributed by atoms with Crippen LogP contribution in [0.2, 0.25) is 0 Å². The number of benzene rings is 1. The number of rotatable bonds is 2. The average Bonchev–Trinajstić information content (AvgIpc) is 2.23. The highest BCUT2D eigenvalue weighted by molar-refractivity contribution is 5.64. The smallest absolute Gasteiger partial charge is 0.431 e. The molecule has 1 aromatic carbocycles. The van der Waals surface area contributed by atoms with E-state index >= 15 is 0 Å². The van der Waals surface area contributed by atoms with Crippen molar-refractivity contribution in [1.82, 2.24) is 0 Å². The van der Waals surface area contributed by atoms with Crippen LogP contribution in [0, 0.1) is 6.92 Å². The lowest BCUT2D eigenvalue weighted by Crippen LogP contribution is -2.15. The molecule has 0 fully saturated rings. The Bertz CT molecular complexity index is 319. The van der Waals surface area contributed by atoms with Crippen molar-refractivity contribution in [3.8, 4) is 5.75 Å². The van der Waals surface area contributed by atoms with E-state index in [2.05, 4.69) is 0 Å². The summed E-state index contributed by atoms with van der Waals surface area (Å²) in [7, 11) is 0. The summed E-state index contributed by atoms with van der Waals surface area (Å²) in [5.41, 5.74) is 0.910. The third-order valence-electron chi connectivity index (χ3n) is 1.62. The fourth-order valence-electron chi connectivity index (χ4n) is 0.977. The Labute approximate surface area is 97.4 Å². The summed E-state index contributed by atoms with van der Waals surface area (Å²) in [6.45, 7) is 9.43. The quantitative estimate of drug-likeness (QED) is 0.563. The maximum atomic E-state index is 11.1. The van der Waals surface area contributed by atoms with E-state index in [1.54, 1.807) is 19.9 Å². The summed E-state index contributed by atoms with van der Waals surface area (Å²) >= 11 is 0. The standard InChI is InChI=1S/C11H14O3.C2H6/c1-8(2)13-11(12)14-10-7-5-4-6-9(10)3;1-2/h4-8H,1-3H3;1-2H3. The minimum Gasteiger partial charge on any atom is -0.431 e. The first kappa shape index (κ1) is 14.5. The Hall–Kier alpha value is -1.51. The van der Waals surface area contributed by atoms with Crippen LogP contribution in [-0.2, 0) is 4.74 Å². The average molecular weight is 224 g/mol. The molecule has 1 aromatic rings. The molecule has 0 amide bonds. The van der Waals surface area contributed by atoms with Gasteiger partial charge in [-0.25, -0.2) is 4.79 Å². The van der Waals surface area contributed by atoms with Gasteiger partial charge >= 0.3 is 6.16 Å². The number of aryl methyl sites for hydroxylation is 1. The van der Waals surface area contributed by atoms with Gasteiger partial charge in [-0.3, -0.25) is 0 Å². The molecule has 0 spiro atoms. The van der Waals surface area contributed by atoms with Crippen LogP contribution in [0.5, 0.6) is 5.75 Å². The van der Waals surface area contributed by atoms with Gasteiger partial charge in [0.1, 0.15) is 5.75 Å². The third kappa shape index (κ3) is 5.39. The molecule has 3 heteroatoms. The minimum atomic E-state index is -0.658. The SMILES string of the molecule is CC.Cc1ccccc1OC(=O)OC(C)C. The first-order chi connectivity index (χ1) is 7.59. The van der Waals surface area contributed by atoms with Gasteiger partial charge in [0.05, 0.1) is 6.10 Å². The number of carbonyl (C=O) groups is 1. The van der Waals surface area contributed by atoms with Gasteiger partial charge in [-0.05, 0) is 32.4 Å². The van der Waals surface area contributed by atoms with Crippen LogP contribution in [0.15, 0.2) is 24.3 Å². The van der Waals surface area contributed by atoms with E-state index in [0.29, 0.717) is 5.75 Å². The second-order valence-electron chi connectivity index (χ2n) is 3.28. The predicted molar refractivity (Wildman–Crippen MR) is 64.8 cm³/mol. The lowest BCUT2D eigenvalue weighted by Gasteiger charge is -2.09. The molecule has 0 aromatic heterocycles. The summed E-state index contributed by atoms with van der Waals surface area (Å²) in [5.74, 6) is 0.540. The van der Waals surface area contributed by atoms with Crippen molar-refractivity contribution in [3.05, 3.63) is 29.8 Å². The third-order valence-corrected chi connectivity index (χ3v) is 1.62. The van der Waals surface area contributed by atoms with Crippen LogP contribution >= 0.6 is 0 Å². The summed E-state index contributed by atoms with van der Waals surface area (Å²) in [6, 6.07) is 7.30. The maximum absolute atomic E-state index is 11.1. The van der Waals surface area contributed by atoms with Crippen molar-refractivity contribution >= 4 is 6.16 Å². The fraction of sp³-hybridized carbons (Fsp3) is 0.462. The van der Waals surface area contributed by atoms with Crippen molar-refractivity contribution < 1.29 is 14.3 Å². The van der Waals surface area contributed by atoms with E-state index in [4.69, 9.17) is 9.47 Å². The Morgan fingerprint density at radius 3 is 2.25 bits per heavy atom. The molecular weight excluding hydrogens is 204 g/mol. The van der Waals surface area contributed by atoms with Gasteiger partial charge in [-0.1, -0.05) is 32.0 Å². The van der Waals surface area contributed by atoms with Crippen LogP contribution < -0.4 is 4.74 Å². The van der Waals surface area contributed by atoms with Crippen molar-refractivity contribution in [3.63, 3.8) is 0 Å². The van der Waals surface area contributed by atoms with Crippen LogP contribution in [0.25, 0.3) is 0 Å². The summed E-state index contributed by atoms with van der Waals surface area (Å²) in [4.78, 5) is 11.1. The molecule has 16 heavy (non-hydrogen) atoms. The number of para-hydroxylation sites is 1. The van der Waals surface area contributed by atoms with E-state index in [0.717, 1.165) is 5.56 Å². The molecule has 0 radical (unpaired) electrons. The highest BCUT2D eigenvalue weighted by Gasteiger charge is 2.09. The molecule has 0 saturated heterocycles. The topological polar surface area (TPSA) is 35.5 Å². The molecule has 0 aliphatic carbocycles. The normalized spacial score (nSPS) is 9.12. The zero-order valence-electron chi connectivity index (χ0n) is 10.6. The number of ether oxygens (including phenoxy) is 2.